The number of rotatable bonds is 5. The molecule has 1 saturated heterocycles. The molecular formula is C14H25IN4O. The van der Waals surface area contributed by atoms with Gasteiger partial charge in [-0.2, -0.15) is 0 Å². The van der Waals surface area contributed by atoms with Gasteiger partial charge in [-0.1, -0.05) is 0 Å². The van der Waals surface area contributed by atoms with Crippen molar-refractivity contribution in [2.24, 2.45) is 4.99 Å². The van der Waals surface area contributed by atoms with Crippen molar-refractivity contribution >= 4 is 29.9 Å². The van der Waals surface area contributed by atoms with Gasteiger partial charge in [-0.15, -0.1) is 24.0 Å². The van der Waals surface area contributed by atoms with Crippen molar-refractivity contribution in [1.82, 2.24) is 15.5 Å². The summed E-state index contributed by atoms with van der Waals surface area (Å²) in [5.41, 5.74) is 0. The van der Waals surface area contributed by atoms with E-state index in [9.17, 15) is 0 Å². The van der Waals surface area contributed by atoms with E-state index in [-0.39, 0.29) is 30.0 Å². The van der Waals surface area contributed by atoms with E-state index >= 15 is 0 Å². The van der Waals surface area contributed by atoms with Gasteiger partial charge in [0, 0.05) is 20.1 Å². The molecule has 1 fully saturated rings. The molecule has 1 aliphatic heterocycles. The molecule has 0 saturated carbocycles. The van der Waals surface area contributed by atoms with Gasteiger partial charge in [0.05, 0.1) is 12.3 Å². The molecule has 0 aliphatic carbocycles. The van der Waals surface area contributed by atoms with Crippen LogP contribution in [0.25, 0.3) is 0 Å². The van der Waals surface area contributed by atoms with Gasteiger partial charge < -0.3 is 15.1 Å². The molecule has 2 heterocycles. The van der Waals surface area contributed by atoms with Crippen LogP contribution >= 0.6 is 24.0 Å². The van der Waals surface area contributed by atoms with E-state index in [2.05, 4.69) is 33.5 Å². The van der Waals surface area contributed by atoms with Gasteiger partial charge in [0.15, 0.2) is 5.96 Å². The fraction of sp³-hybridized carbons (Fsp3) is 0.643. The lowest BCUT2D eigenvalue weighted by molar-refractivity contribution is 0.215. The lowest BCUT2D eigenvalue weighted by Gasteiger charge is -2.26. The van der Waals surface area contributed by atoms with Crippen molar-refractivity contribution in [1.29, 1.82) is 0 Å². The van der Waals surface area contributed by atoms with Crippen molar-refractivity contribution in [2.75, 3.05) is 33.2 Å². The number of nitrogens with one attached hydrogen (secondary N) is 2. The first-order valence-electron chi connectivity index (χ1n) is 7.07. The molecule has 1 aromatic heterocycles. The topological polar surface area (TPSA) is 52.8 Å². The number of hydrogen-bond acceptors (Lipinski definition) is 3. The van der Waals surface area contributed by atoms with Gasteiger partial charge in [-0.05, 0) is 45.0 Å². The molecule has 20 heavy (non-hydrogen) atoms. The van der Waals surface area contributed by atoms with Crippen LogP contribution in [0.5, 0.6) is 0 Å². The minimum Gasteiger partial charge on any atom is -0.468 e. The van der Waals surface area contributed by atoms with Crippen molar-refractivity contribution in [3.63, 3.8) is 0 Å². The van der Waals surface area contributed by atoms with E-state index in [1.807, 2.05) is 6.07 Å². The van der Waals surface area contributed by atoms with Crippen molar-refractivity contribution in [3.05, 3.63) is 24.2 Å². The summed E-state index contributed by atoms with van der Waals surface area (Å²) in [6.45, 7) is 6.04. The van der Waals surface area contributed by atoms with Gasteiger partial charge in [0.1, 0.15) is 5.76 Å². The first kappa shape index (κ1) is 17.3. The molecule has 0 spiro atoms. The maximum atomic E-state index is 5.59. The molecule has 1 atom stereocenters. The minimum absolute atomic E-state index is 0. The molecule has 114 valence electrons. The van der Waals surface area contributed by atoms with E-state index in [0.717, 1.165) is 37.9 Å². The Bertz CT molecular complexity index is 388. The fourth-order valence-electron chi connectivity index (χ4n) is 2.53. The summed E-state index contributed by atoms with van der Waals surface area (Å²) in [5, 5.41) is 6.59. The summed E-state index contributed by atoms with van der Waals surface area (Å²) >= 11 is 0. The second-order valence-electron chi connectivity index (χ2n) is 4.76. The highest BCUT2D eigenvalue weighted by Gasteiger charge is 2.25. The second-order valence-corrected chi connectivity index (χ2v) is 4.76. The quantitative estimate of drug-likeness (QED) is 0.459. The van der Waals surface area contributed by atoms with E-state index in [4.69, 9.17) is 4.42 Å². The lowest BCUT2D eigenvalue weighted by atomic mass is 10.2. The molecule has 5 nitrogen and oxygen atoms in total. The Morgan fingerprint density at radius 2 is 2.15 bits per heavy atom. The standard InChI is InChI=1S/C14H24N4O.HI/c1-3-16-14(15-2)17-11-12(13-7-6-10-19-13)18-8-4-5-9-18;/h6-7,10,12H,3-5,8-9,11H2,1-2H3,(H2,15,16,17);1H. The summed E-state index contributed by atoms with van der Waals surface area (Å²) in [4.78, 5) is 6.68. The SMILES string of the molecule is CCNC(=NC)NCC(c1ccco1)N1CCCC1.I. The summed E-state index contributed by atoms with van der Waals surface area (Å²) in [6.07, 6.45) is 4.30. The van der Waals surface area contributed by atoms with Crippen molar-refractivity contribution < 1.29 is 4.42 Å². The van der Waals surface area contributed by atoms with Crippen molar-refractivity contribution in [3.8, 4) is 0 Å². The Kier molecular flexibility index (Phi) is 7.98. The van der Waals surface area contributed by atoms with Crippen LogP contribution < -0.4 is 10.6 Å². The summed E-state index contributed by atoms with van der Waals surface area (Å²) in [5.74, 6) is 1.87. The van der Waals surface area contributed by atoms with Crippen LogP contribution in [0.1, 0.15) is 31.6 Å². The fourth-order valence-corrected chi connectivity index (χ4v) is 2.53. The maximum Gasteiger partial charge on any atom is 0.191 e. The highest BCUT2D eigenvalue weighted by molar-refractivity contribution is 14.0. The predicted molar refractivity (Wildman–Crippen MR) is 92.7 cm³/mol. The Labute approximate surface area is 138 Å². The third-order valence-electron chi connectivity index (χ3n) is 3.48. The molecule has 0 amide bonds. The van der Waals surface area contributed by atoms with Crippen LogP contribution in [0.2, 0.25) is 0 Å². The highest BCUT2D eigenvalue weighted by atomic mass is 127. The molecule has 1 unspecified atom stereocenters. The Hall–Kier alpha value is -0.760. The number of furan rings is 1. The first-order valence-corrected chi connectivity index (χ1v) is 7.07. The normalized spacial score (nSPS) is 17.6. The molecule has 6 heteroatoms. The molecule has 1 aliphatic rings. The van der Waals surface area contributed by atoms with Crippen LogP contribution in [0, 0.1) is 0 Å². The lowest BCUT2D eigenvalue weighted by Crippen LogP contribution is -2.42. The van der Waals surface area contributed by atoms with Crippen LogP contribution in [-0.4, -0.2) is 44.1 Å². The Balaban J connectivity index is 0.00000200. The van der Waals surface area contributed by atoms with E-state index in [1.54, 1.807) is 13.3 Å². The van der Waals surface area contributed by atoms with Gasteiger partial charge in [-0.3, -0.25) is 9.89 Å². The van der Waals surface area contributed by atoms with Gasteiger partial charge in [-0.25, -0.2) is 0 Å². The van der Waals surface area contributed by atoms with Crippen LogP contribution in [-0.2, 0) is 0 Å². The van der Waals surface area contributed by atoms with Gasteiger partial charge >= 0.3 is 0 Å². The predicted octanol–water partition coefficient (Wildman–Crippen LogP) is 2.22. The third kappa shape index (κ3) is 4.66. The number of guanidine groups is 1. The zero-order valence-corrected chi connectivity index (χ0v) is 14.6. The molecule has 0 aromatic carbocycles. The summed E-state index contributed by atoms with van der Waals surface area (Å²) < 4.78 is 5.59. The average molecular weight is 392 g/mol. The maximum absolute atomic E-state index is 5.59. The average Bonchev–Trinajstić information content (AvgIpc) is 3.11. The molecule has 1 aromatic rings. The van der Waals surface area contributed by atoms with Crippen molar-refractivity contribution in [2.45, 2.75) is 25.8 Å². The molecule has 0 bridgehead atoms. The van der Waals surface area contributed by atoms with Crippen LogP contribution in [0.3, 0.4) is 0 Å². The van der Waals surface area contributed by atoms with Crippen LogP contribution in [0.15, 0.2) is 27.8 Å². The van der Waals surface area contributed by atoms with E-state index in [1.165, 1.54) is 12.8 Å². The molecular weight excluding hydrogens is 367 g/mol. The number of aliphatic imine (C=N–C) groups is 1. The second kappa shape index (κ2) is 9.23. The number of nitrogens with zero attached hydrogens (tertiary/aromatic N) is 2. The molecule has 2 N–H and O–H groups in total. The van der Waals surface area contributed by atoms with Gasteiger partial charge in [0.2, 0.25) is 0 Å². The zero-order valence-electron chi connectivity index (χ0n) is 12.3. The third-order valence-corrected chi connectivity index (χ3v) is 3.48. The van der Waals surface area contributed by atoms with E-state index < -0.39 is 0 Å². The number of hydrogen-bond donors (Lipinski definition) is 2. The first-order chi connectivity index (χ1) is 9.35. The molecule has 2 rings (SSSR count). The number of halogens is 1. The monoisotopic (exact) mass is 392 g/mol. The smallest absolute Gasteiger partial charge is 0.191 e. The zero-order chi connectivity index (χ0) is 13.5. The largest absolute Gasteiger partial charge is 0.468 e. The Morgan fingerprint density at radius 3 is 2.70 bits per heavy atom. The Morgan fingerprint density at radius 1 is 1.40 bits per heavy atom. The summed E-state index contributed by atoms with van der Waals surface area (Å²) in [7, 11) is 1.79. The van der Waals surface area contributed by atoms with Gasteiger partial charge in [0.25, 0.3) is 0 Å². The highest BCUT2D eigenvalue weighted by Crippen LogP contribution is 2.24. The summed E-state index contributed by atoms with van der Waals surface area (Å²) in [6, 6.07) is 4.30. The number of likely N-dealkylation sites (tertiary alicyclic amines) is 1. The minimum atomic E-state index is 0. The van der Waals surface area contributed by atoms with Crippen LogP contribution in [0.4, 0.5) is 0 Å². The van der Waals surface area contributed by atoms with E-state index in [0.29, 0.717) is 0 Å². The molecule has 0 radical (unpaired) electrons.